The van der Waals surface area contributed by atoms with E-state index in [1.807, 2.05) is 0 Å². The Morgan fingerprint density at radius 2 is 2.00 bits per heavy atom. The van der Waals surface area contributed by atoms with Crippen LogP contribution in [-0.4, -0.2) is 13.7 Å². The lowest BCUT2D eigenvalue weighted by molar-refractivity contribution is 0.172. The maximum absolute atomic E-state index is 6.30. The molecule has 2 heteroatoms. The minimum Gasteiger partial charge on any atom is -0.385 e. The summed E-state index contributed by atoms with van der Waals surface area (Å²) in [5, 5.41) is 0. The third-order valence-electron chi connectivity index (χ3n) is 2.82. The van der Waals surface area contributed by atoms with Crippen LogP contribution >= 0.6 is 0 Å². The molecule has 0 aliphatic carbocycles. The molecule has 0 amide bonds. The summed E-state index contributed by atoms with van der Waals surface area (Å²) in [6.07, 6.45) is 0.841. The van der Waals surface area contributed by atoms with E-state index < -0.39 is 0 Å². The van der Waals surface area contributed by atoms with Gasteiger partial charge in [0.15, 0.2) is 0 Å². The van der Waals surface area contributed by atoms with Crippen molar-refractivity contribution in [1.82, 2.24) is 0 Å². The number of hydrogen-bond acceptors (Lipinski definition) is 2. The van der Waals surface area contributed by atoms with E-state index in [2.05, 4.69) is 39.0 Å². The highest BCUT2D eigenvalue weighted by Gasteiger charge is 2.22. The van der Waals surface area contributed by atoms with E-state index in [0.717, 1.165) is 6.42 Å². The Bertz CT molecular complexity index is 331. The summed E-state index contributed by atoms with van der Waals surface area (Å²) >= 11 is 0. The van der Waals surface area contributed by atoms with Crippen LogP contribution in [0.5, 0.6) is 0 Å². The lowest BCUT2D eigenvalue weighted by atomic mass is 9.86. The molecule has 0 saturated carbocycles. The van der Waals surface area contributed by atoms with Gasteiger partial charge < -0.3 is 10.5 Å². The maximum atomic E-state index is 6.30. The summed E-state index contributed by atoms with van der Waals surface area (Å²) in [5.74, 6) is 0. The Hall–Kier alpha value is -0.860. The highest BCUT2D eigenvalue weighted by Crippen LogP contribution is 2.25. The average molecular weight is 207 g/mol. The highest BCUT2D eigenvalue weighted by atomic mass is 16.5. The van der Waals surface area contributed by atoms with Crippen LogP contribution in [0, 0.1) is 13.8 Å². The molecule has 0 aliphatic heterocycles. The van der Waals surface area contributed by atoms with Crippen molar-refractivity contribution in [3.8, 4) is 0 Å². The first-order valence-corrected chi connectivity index (χ1v) is 5.33. The molecule has 1 aromatic rings. The van der Waals surface area contributed by atoms with Gasteiger partial charge >= 0.3 is 0 Å². The molecule has 0 spiro atoms. The van der Waals surface area contributed by atoms with E-state index in [0.29, 0.717) is 6.61 Å². The van der Waals surface area contributed by atoms with Crippen LogP contribution < -0.4 is 5.73 Å². The van der Waals surface area contributed by atoms with E-state index in [-0.39, 0.29) is 5.54 Å². The van der Waals surface area contributed by atoms with Gasteiger partial charge in [0, 0.05) is 19.3 Å². The van der Waals surface area contributed by atoms with Crippen molar-refractivity contribution in [2.24, 2.45) is 5.73 Å². The Morgan fingerprint density at radius 3 is 2.53 bits per heavy atom. The van der Waals surface area contributed by atoms with Gasteiger partial charge in [0.2, 0.25) is 0 Å². The van der Waals surface area contributed by atoms with Crippen LogP contribution in [0.4, 0.5) is 0 Å². The Labute approximate surface area is 92.4 Å². The van der Waals surface area contributed by atoms with Gasteiger partial charge in [0.05, 0.1) is 0 Å². The van der Waals surface area contributed by atoms with Crippen molar-refractivity contribution in [1.29, 1.82) is 0 Å². The van der Waals surface area contributed by atoms with E-state index in [4.69, 9.17) is 10.5 Å². The van der Waals surface area contributed by atoms with Crippen molar-refractivity contribution < 1.29 is 4.74 Å². The molecule has 0 fully saturated rings. The molecule has 1 atom stereocenters. The Balaban J connectivity index is 2.93. The molecule has 0 radical (unpaired) electrons. The van der Waals surface area contributed by atoms with Gasteiger partial charge in [-0.15, -0.1) is 0 Å². The van der Waals surface area contributed by atoms with Crippen molar-refractivity contribution >= 4 is 0 Å². The van der Waals surface area contributed by atoms with Gasteiger partial charge in [-0.3, -0.25) is 0 Å². The van der Waals surface area contributed by atoms with Crippen LogP contribution in [0.25, 0.3) is 0 Å². The molecule has 2 nitrogen and oxygen atoms in total. The zero-order valence-electron chi connectivity index (χ0n) is 10.1. The first kappa shape index (κ1) is 12.2. The van der Waals surface area contributed by atoms with Crippen LogP contribution in [0.1, 0.15) is 30.0 Å². The second-order valence-electron chi connectivity index (χ2n) is 4.48. The topological polar surface area (TPSA) is 35.2 Å². The van der Waals surface area contributed by atoms with Gasteiger partial charge in [-0.1, -0.05) is 23.8 Å². The summed E-state index contributed by atoms with van der Waals surface area (Å²) < 4.78 is 5.08. The number of hydrogen-bond donors (Lipinski definition) is 1. The van der Waals surface area contributed by atoms with Gasteiger partial charge in [-0.25, -0.2) is 0 Å². The lowest BCUT2D eigenvalue weighted by Crippen LogP contribution is -2.35. The monoisotopic (exact) mass is 207 g/mol. The average Bonchev–Trinajstić information content (AvgIpc) is 2.14. The zero-order chi connectivity index (χ0) is 11.5. The van der Waals surface area contributed by atoms with Gasteiger partial charge in [0.25, 0.3) is 0 Å². The van der Waals surface area contributed by atoms with Gasteiger partial charge in [-0.05, 0) is 38.3 Å². The molecular weight excluding hydrogens is 186 g/mol. The molecule has 15 heavy (non-hydrogen) atoms. The summed E-state index contributed by atoms with van der Waals surface area (Å²) in [6, 6.07) is 6.41. The summed E-state index contributed by atoms with van der Waals surface area (Å²) in [5.41, 5.74) is 9.75. The molecule has 0 saturated heterocycles. The molecule has 1 aromatic carbocycles. The number of rotatable bonds is 4. The van der Waals surface area contributed by atoms with Crippen molar-refractivity contribution in [3.63, 3.8) is 0 Å². The molecule has 1 unspecified atom stereocenters. The van der Waals surface area contributed by atoms with Crippen LogP contribution in [0.2, 0.25) is 0 Å². The lowest BCUT2D eigenvalue weighted by Gasteiger charge is -2.27. The first-order valence-electron chi connectivity index (χ1n) is 5.33. The zero-order valence-corrected chi connectivity index (χ0v) is 10.1. The van der Waals surface area contributed by atoms with Crippen molar-refractivity contribution in [2.75, 3.05) is 13.7 Å². The second-order valence-corrected chi connectivity index (χ2v) is 4.48. The predicted molar refractivity (Wildman–Crippen MR) is 63.9 cm³/mol. The maximum Gasteiger partial charge on any atom is 0.0482 e. The quantitative estimate of drug-likeness (QED) is 0.823. The molecule has 0 heterocycles. The van der Waals surface area contributed by atoms with Gasteiger partial charge in [0.1, 0.15) is 0 Å². The van der Waals surface area contributed by atoms with Crippen molar-refractivity contribution in [2.45, 2.75) is 32.7 Å². The molecule has 84 valence electrons. The second kappa shape index (κ2) is 4.77. The minimum absolute atomic E-state index is 0.298. The fourth-order valence-electron chi connectivity index (χ4n) is 1.90. The molecular formula is C13H21NO. The van der Waals surface area contributed by atoms with E-state index in [9.17, 15) is 0 Å². The van der Waals surface area contributed by atoms with Crippen LogP contribution in [0.15, 0.2) is 18.2 Å². The number of nitrogens with two attached hydrogens (primary N) is 1. The molecule has 0 aliphatic rings. The van der Waals surface area contributed by atoms with Crippen LogP contribution in [0.3, 0.4) is 0 Å². The SMILES string of the molecule is COCCC(C)(N)c1ccc(C)cc1C. The molecule has 2 N–H and O–H groups in total. The van der Waals surface area contributed by atoms with E-state index in [1.54, 1.807) is 7.11 Å². The third kappa shape index (κ3) is 3.05. The predicted octanol–water partition coefficient (Wildman–Crippen LogP) is 2.51. The first-order chi connectivity index (χ1) is 6.97. The molecule has 0 bridgehead atoms. The summed E-state index contributed by atoms with van der Waals surface area (Å²) in [7, 11) is 1.71. The summed E-state index contributed by atoms with van der Waals surface area (Å²) in [4.78, 5) is 0. The fourth-order valence-corrected chi connectivity index (χ4v) is 1.90. The molecule has 1 rings (SSSR count). The fraction of sp³-hybridized carbons (Fsp3) is 0.538. The smallest absolute Gasteiger partial charge is 0.0482 e. The highest BCUT2D eigenvalue weighted by molar-refractivity contribution is 5.35. The van der Waals surface area contributed by atoms with Gasteiger partial charge in [-0.2, -0.15) is 0 Å². The number of methoxy groups -OCH3 is 1. The van der Waals surface area contributed by atoms with E-state index >= 15 is 0 Å². The number of benzene rings is 1. The minimum atomic E-state index is -0.298. The summed E-state index contributed by atoms with van der Waals surface area (Å²) in [6.45, 7) is 6.96. The van der Waals surface area contributed by atoms with E-state index in [1.165, 1.54) is 16.7 Å². The van der Waals surface area contributed by atoms with Crippen molar-refractivity contribution in [3.05, 3.63) is 34.9 Å². The number of aryl methyl sites for hydroxylation is 2. The standard InChI is InChI=1S/C13H21NO/c1-10-5-6-12(11(2)9-10)13(3,14)7-8-15-4/h5-6,9H,7-8,14H2,1-4H3. The molecule has 0 aromatic heterocycles. The Kier molecular flexibility index (Phi) is 3.89. The third-order valence-corrected chi connectivity index (χ3v) is 2.82. The largest absolute Gasteiger partial charge is 0.385 e. The Morgan fingerprint density at radius 1 is 1.33 bits per heavy atom. The normalized spacial score (nSPS) is 15.0. The van der Waals surface area contributed by atoms with Crippen LogP contribution in [-0.2, 0) is 10.3 Å². The number of ether oxygens (including phenoxy) is 1.